The number of unbranched alkanes of at least 4 members (excludes halogenated alkanes) is 2. The van der Waals surface area contributed by atoms with E-state index >= 15 is 0 Å². The van der Waals surface area contributed by atoms with Crippen molar-refractivity contribution in [2.75, 3.05) is 24.5 Å². The van der Waals surface area contributed by atoms with Crippen molar-refractivity contribution in [1.82, 2.24) is 19.9 Å². The van der Waals surface area contributed by atoms with Crippen LogP contribution in [0.4, 0.5) is 5.82 Å². The molecule has 0 unspecified atom stereocenters. The molecule has 1 N–H and O–H groups in total. The molecule has 0 saturated heterocycles. The molecule has 0 bridgehead atoms. The first-order chi connectivity index (χ1) is 15.1. The molecule has 0 radical (unpaired) electrons. The van der Waals surface area contributed by atoms with Crippen molar-refractivity contribution in [2.24, 2.45) is 9.98 Å². The maximum Gasteiger partial charge on any atom is 0.202 e. The van der Waals surface area contributed by atoms with Crippen molar-refractivity contribution in [3.05, 3.63) is 60.0 Å². The van der Waals surface area contributed by atoms with Crippen molar-refractivity contribution in [3.63, 3.8) is 0 Å². The zero-order chi connectivity index (χ0) is 21.8. The Labute approximate surface area is 188 Å². The fraction of sp³-hybridized carbons (Fsp3) is 0.391. The molecule has 0 aromatic carbocycles. The number of anilines is 1. The summed E-state index contributed by atoms with van der Waals surface area (Å²) in [4.78, 5) is 25.4. The van der Waals surface area contributed by atoms with E-state index in [1.807, 2.05) is 18.2 Å². The van der Waals surface area contributed by atoms with E-state index < -0.39 is 0 Å². The van der Waals surface area contributed by atoms with Gasteiger partial charge in [0, 0.05) is 25.0 Å². The van der Waals surface area contributed by atoms with Crippen LogP contribution in [0.25, 0.3) is 5.70 Å². The van der Waals surface area contributed by atoms with Gasteiger partial charge in [-0.2, -0.15) is 4.98 Å². The average Bonchev–Trinajstić information content (AvgIpc) is 3.40. The predicted octanol–water partition coefficient (Wildman–Crippen LogP) is 4.89. The predicted molar refractivity (Wildman–Crippen MR) is 128 cm³/mol. The van der Waals surface area contributed by atoms with Gasteiger partial charge >= 0.3 is 0 Å². The minimum absolute atomic E-state index is 0.380. The number of nitrogens with zero attached hydrogens (tertiary/aromatic N) is 6. The number of aromatic amines is 1. The fourth-order valence-corrected chi connectivity index (χ4v) is 4.03. The molecule has 7 nitrogen and oxygen atoms in total. The first-order valence-corrected chi connectivity index (χ1v) is 11.2. The van der Waals surface area contributed by atoms with E-state index in [0.717, 1.165) is 85.5 Å². The molecule has 2 aliphatic heterocycles. The summed E-state index contributed by atoms with van der Waals surface area (Å²) >= 11 is 6.16. The highest BCUT2D eigenvalue weighted by atomic mass is 35.5. The maximum absolute atomic E-state index is 6.16. The molecule has 2 aromatic heterocycles. The molecule has 0 aliphatic carbocycles. The number of nitrogens with one attached hydrogen (secondary N) is 1. The monoisotopic (exact) mass is 437 g/mol. The molecule has 0 spiro atoms. The molecule has 4 rings (SSSR count). The van der Waals surface area contributed by atoms with Gasteiger partial charge in [-0.05, 0) is 49.4 Å². The second kappa shape index (κ2) is 9.47. The number of H-pyrrole nitrogens is 1. The number of aromatic nitrogens is 3. The molecule has 0 fully saturated rings. The van der Waals surface area contributed by atoms with Crippen molar-refractivity contribution in [2.45, 2.75) is 39.0 Å². The average molecular weight is 438 g/mol. The second-order valence-electron chi connectivity index (χ2n) is 7.74. The van der Waals surface area contributed by atoms with Crippen LogP contribution >= 0.6 is 11.6 Å². The van der Waals surface area contributed by atoms with Gasteiger partial charge < -0.3 is 14.8 Å². The molecular formula is C23H28ClN7. The second-order valence-corrected chi connectivity index (χ2v) is 8.09. The lowest BCUT2D eigenvalue weighted by Crippen LogP contribution is -2.39. The SMILES string of the molecule is C=C1c2[nH]c(Cl)nc2N(CCCC)C(=C)N1CCCCC1=NC(c2ccccn2)=NC1. The number of hydrogen-bond acceptors (Lipinski definition) is 6. The zero-order valence-corrected chi connectivity index (χ0v) is 18.7. The summed E-state index contributed by atoms with van der Waals surface area (Å²) in [6.45, 7) is 13.1. The van der Waals surface area contributed by atoms with Crippen molar-refractivity contribution < 1.29 is 0 Å². The minimum atomic E-state index is 0.380. The van der Waals surface area contributed by atoms with Crippen LogP contribution in [0.1, 0.15) is 50.4 Å². The standard InChI is InChI=1S/C23H28ClN7/c1-4-5-13-31-17(3)30(16(2)20-22(31)29-23(24)28-20)14-9-7-10-18-15-26-21(27-18)19-11-6-8-12-25-19/h6,8,11-12H,2-5,7,9-10,13-15H2,1H3,(H,28,29). The van der Waals surface area contributed by atoms with E-state index in [1.165, 1.54) is 0 Å². The van der Waals surface area contributed by atoms with Crippen molar-refractivity contribution in [1.29, 1.82) is 0 Å². The topological polar surface area (TPSA) is 72.8 Å². The molecule has 8 heteroatoms. The highest BCUT2D eigenvalue weighted by molar-refractivity contribution is 6.28. The normalized spacial score (nSPS) is 15.9. The summed E-state index contributed by atoms with van der Waals surface area (Å²) in [7, 11) is 0. The Bertz CT molecular complexity index is 1020. The maximum atomic E-state index is 6.16. The van der Waals surface area contributed by atoms with Crippen molar-refractivity contribution >= 4 is 34.7 Å². The summed E-state index contributed by atoms with van der Waals surface area (Å²) in [5.41, 5.74) is 3.69. The van der Waals surface area contributed by atoms with Crippen LogP contribution in [0, 0.1) is 0 Å². The molecule has 162 valence electrons. The van der Waals surface area contributed by atoms with Gasteiger partial charge in [-0.1, -0.05) is 32.6 Å². The number of hydrogen-bond donors (Lipinski definition) is 1. The van der Waals surface area contributed by atoms with E-state index in [4.69, 9.17) is 11.6 Å². The van der Waals surface area contributed by atoms with Gasteiger partial charge in [0.2, 0.25) is 5.28 Å². The largest absolute Gasteiger partial charge is 0.327 e. The summed E-state index contributed by atoms with van der Waals surface area (Å²) in [6.07, 6.45) is 6.87. The fourth-order valence-electron chi connectivity index (χ4n) is 3.86. The minimum Gasteiger partial charge on any atom is -0.327 e. The highest BCUT2D eigenvalue weighted by Gasteiger charge is 2.31. The zero-order valence-electron chi connectivity index (χ0n) is 17.9. The molecule has 0 saturated carbocycles. The smallest absolute Gasteiger partial charge is 0.202 e. The first kappa shape index (κ1) is 21.3. The molecular weight excluding hydrogens is 410 g/mol. The van der Waals surface area contributed by atoms with Gasteiger partial charge in [-0.3, -0.25) is 9.98 Å². The third kappa shape index (κ3) is 4.56. The molecule has 2 aromatic rings. The third-order valence-corrected chi connectivity index (χ3v) is 5.73. The number of halogens is 1. The molecule has 0 amide bonds. The van der Waals surface area contributed by atoms with Crippen LogP contribution in [-0.2, 0) is 0 Å². The van der Waals surface area contributed by atoms with Gasteiger partial charge in [0.25, 0.3) is 0 Å². The van der Waals surface area contributed by atoms with Gasteiger partial charge in [-0.15, -0.1) is 0 Å². The molecule has 2 aliphatic rings. The van der Waals surface area contributed by atoms with Gasteiger partial charge in [0.1, 0.15) is 17.2 Å². The van der Waals surface area contributed by atoms with Crippen LogP contribution in [0.3, 0.4) is 0 Å². The van der Waals surface area contributed by atoms with Crippen LogP contribution in [0.15, 0.2) is 53.4 Å². The number of aliphatic imine (C=N–C) groups is 2. The van der Waals surface area contributed by atoms with E-state index in [2.05, 4.69) is 54.8 Å². The highest BCUT2D eigenvalue weighted by Crippen LogP contribution is 2.38. The van der Waals surface area contributed by atoms with Crippen LogP contribution in [-0.4, -0.2) is 51.0 Å². The first-order valence-electron chi connectivity index (χ1n) is 10.8. The Kier molecular flexibility index (Phi) is 6.51. The lowest BCUT2D eigenvalue weighted by atomic mass is 10.1. The lowest BCUT2D eigenvalue weighted by Gasteiger charge is -2.40. The van der Waals surface area contributed by atoms with E-state index in [9.17, 15) is 0 Å². The Hall–Kier alpha value is -2.93. The Morgan fingerprint density at radius 2 is 1.97 bits per heavy atom. The number of amidine groups is 1. The Balaban J connectivity index is 1.34. The third-order valence-electron chi connectivity index (χ3n) is 5.55. The van der Waals surface area contributed by atoms with E-state index in [1.54, 1.807) is 6.20 Å². The number of rotatable bonds is 9. The van der Waals surface area contributed by atoms with E-state index in [0.29, 0.717) is 11.8 Å². The summed E-state index contributed by atoms with van der Waals surface area (Å²) in [6, 6.07) is 5.80. The van der Waals surface area contributed by atoms with E-state index in [-0.39, 0.29) is 0 Å². The Morgan fingerprint density at radius 3 is 2.74 bits per heavy atom. The molecule has 31 heavy (non-hydrogen) atoms. The van der Waals surface area contributed by atoms with Crippen molar-refractivity contribution in [3.8, 4) is 0 Å². The number of fused-ring (bicyclic) bond motifs is 1. The van der Waals surface area contributed by atoms with Crippen LogP contribution < -0.4 is 4.90 Å². The Morgan fingerprint density at radius 1 is 1.13 bits per heavy atom. The van der Waals surface area contributed by atoms with Crippen LogP contribution in [0.5, 0.6) is 0 Å². The summed E-state index contributed by atoms with van der Waals surface area (Å²) in [5, 5.41) is 0.380. The molecule has 4 heterocycles. The quantitative estimate of drug-likeness (QED) is 0.566. The van der Waals surface area contributed by atoms with Crippen LogP contribution in [0.2, 0.25) is 5.28 Å². The molecule has 0 atom stereocenters. The lowest BCUT2D eigenvalue weighted by molar-refractivity contribution is 0.440. The number of pyridine rings is 1. The number of imidazole rings is 1. The van der Waals surface area contributed by atoms with Gasteiger partial charge in [-0.25, -0.2) is 4.99 Å². The van der Waals surface area contributed by atoms with Gasteiger partial charge in [0.05, 0.1) is 12.2 Å². The summed E-state index contributed by atoms with van der Waals surface area (Å²) < 4.78 is 0. The summed E-state index contributed by atoms with van der Waals surface area (Å²) in [5.74, 6) is 2.47. The van der Waals surface area contributed by atoms with Gasteiger partial charge in [0.15, 0.2) is 11.7 Å².